The van der Waals surface area contributed by atoms with Gasteiger partial charge in [0.1, 0.15) is 0 Å². The molecule has 0 saturated heterocycles. The summed E-state index contributed by atoms with van der Waals surface area (Å²) < 4.78 is 40.2. The molecule has 0 amide bonds. The van der Waals surface area contributed by atoms with E-state index in [1.165, 1.54) is 82.8 Å². The van der Waals surface area contributed by atoms with Gasteiger partial charge in [0.15, 0.2) is 17.5 Å². The molecule has 0 spiro atoms. The van der Waals surface area contributed by atoms with Gasteiger partial charge in [-0.2, -0.15) is 0 Å². The minimum absolute atomic E-state index is 0.182. The average Bonchev–Trinajstić information content (AvgIpc) is 3.24. The highest BCUT2D eigenvalue weighted by Crippen LogP contribution is 2.42. The minimum atomic E-state index is -1.35. The Hall–Kier alpha value is -0.990. The van der Waals surface area contributed by atoms with Crippen LogP contribution in [0, 0.1) is 41.1 Å². The Morgan fingerprint density at radius 2 is 1.03 bits per heavy atom. The first-order valence-corrected chi connectivity index (χ1v) is 12.2. The summed E-state index contributed by atoms with van der Waals surface area (Å²) in [6.07, 6.45) is 20.1. The van der Waals surface area contributed by atoms with Crippen LogP contribution >= 0.6 is 0 Å². The summed E-state index contributed by atoms with van der Waals surface area (Å²) in [4.78, 5) is 0. The summed E-state index contributed by atoms with van der Waals surface area (Å²) in [5.74, 6) is 0.458. The van der Waals surface area contributed by atoms with Crippen molar-refractivity contribution >= 4 is 0 Å². The molecule has 0 heterocycles. The molecule has 1 aromatic rings. The van der Waals surface area contributed by atoms with E-state index in [1.807, 2.05) is 0 Å². The molecule has 162 valence electrons. The van der Waals surface area contributed by atoms with E-state index in [9.17, 15) is 13.2 Å². The maximum atomic E-state index is 13.5. The standard InChI is InChI=1S/C26H37F3/c27-24-16-23(17-25(28)26(24)29)22-13-11-19(12-14-22)6-5-18-7-9-21(10-8-18)15-20-3-1-2-4-20/h16-22H,1-15H2/t18-,19?,21-,22?. The lowest BCUT2D eigenvalue weighted by molar-refractivity contribution is 0.209. The fourth-order valence-electron chi connectivity index (χ4n) is 6.54. The van der Waals surface area contributed by atoms with Crippen molar-refractivity contribution in [3.8, 4) is 0 Å². The molecule has 3 saturated carbocycles. The molecule has 0 nitrogen and oxygen atoms in total. The lowest BCUT2D eigenvalue weighted by Gasteiger charge is -2.33. The lowest BCUT2D eigenvalue weighted by Crippen LogP contribution is -2.19. The smallest absolute Gasteiger partial charge is 0.194 e. The van der Waals surface area contributed by atoms with Crippen LogP contribution in [0.2, 0.25) is 0 Å². The zero-order valence-electron chi connectivity index (χ0n) is 17.8. The van der Waals surface area contributed by atoms with Crippen LogP contribution in [-0.2, 0) is 0 Å². The van der Waals surface area contributed by atoms with Crippen LogP contribution < -0.4 is 0 Å². The van der Waals surface area contributed by atoms with E-state index in [4.69, 9.17) is 0 Å². The van der Waals surface area contributed by atoms with Crippen LogP contribution in [0.1, 0.15) is 108 Å². The molecule has 4 rings (SSSR count). The van der Waals surface area contributed by atoms with Crippen molar-refractivity contribution in [3.63, 3.8) is 0 Å². The summed E-state index contributed by atoms with van der Waals surface area (Å²) in [6.45, 7) is 0. The topological polar surface area (TPSA) is 0 Å². The summed E-state index contributed by atoms with van der Waals surface area (Å²) in [6, 6.07) is 2.40. The summed E-state index contributed by atoms with van der Waals surface area (Å²) in [7, 11) is 0. The highest BCUT2D eigenvalue weighted by Gasteiger charge is 2.28. The molecular weight excluding hydrogens is 369 g/mol. The second-order valence-corrected chi connectivity index (χ2v) is 10.4. The fraction of sp³-hybridized carbons (Fsp3) is 0.769. The van der Waals surface area contributed by atoms with Gasteiger partial charge in [-0.05, 0) is 79.4 Å². The third kappa shape index (κ3) is 5.58. The molecule has 0 N–H and O–H groups in total. The summed E-state index contributed by atoms with van der Waals surface area (Å²) >= 11 is 0. The number of hydrogen-bond donors (Lipinski definition) is 0. The molecule has 0 bridgehead atoms. The summed E-state index contributed by atoms with van der Waals surface area (Å²) in [5, 5.41) is 0. The number of halogens is 3. The van der Waals surface area contributed by atoms with Gasteiger partial charge in [0.2, 0.25) is 0 Å². The third-order valence-corrected chi connectivity index (χ3v) is 8.42. The van der Waals surface area contributed by atoms with E-state index in [0.29, 0.717) is 5.56 Å². The Kier molecular flexibility index (Phi) is 7.24. The summed E-state index contributed by atoms with van der Waals surface area (Å²) in [5.41, 5.74) is 0.639. The number of hydrogen-bond acceptors (Lipinski definition) is 0. The Bertz CT molecular complexity index is 625. The van der Waals surface area contributed by atoms with E-state index in [0.717, 1.165) is 49.4 Å². The molecule has 29 heavy (non-hydrogen) atoms. The predicted molar refractivity (Wildman–Crippen MR) is 112 cm³/mol. The first-order chi connectivity index (χ1) is 14.1. The van der Waals surface area contributed by atoms with Crippen molar-refractivity contribution in [2.24, 2.45) is 23.7 Å². The van der Waals surface area contributed by atoms with Crippen molar-refractivity contribution in [2.45, 2.75) is 102 Å². The van der Waals surface area contributed by atoms with Crippen LogP contribution in [0.3, 0.4) is 0 Å². The fourth-order valence-corrected chi connectivity index (χ4v) is 6.54. The van der Waals surface area contributed by atoms with Gasteiger partial charge in [-0.1, -0.05) is 64.2 Å². The van der Waals surface area contributed by atoms with Crippen LogP contribution in [0.15, 0.2) is 12.1 Å². The molecule has 1 aromatic carbocycles. The van der Waals surface area contributed by atoms with Crippen LogP contribution in [0.4, 0.5) is 13.2 Å². The van der Waals surface area contributed by atoms with E-state index in [1.54, 1.807) is 0 Å². The maximum absolute atomic E-state index is 13.5. The molecule has 3 heteroatoms. The van der Waals surface area contributed by atoms with Gasteiger partial charge in [0, 0.05) is 0 Å². The van der Waals surface area contributed by atoms with Crippen molar-refractivity contribution in [1.82, 2.24) is 0 Å². The van der Waals surface area contributed by atoms with Crippen LogP contribution in [-0.4, -0.2) is 0 Å². The van der Waals surface area contributed by atoms with Crippen LogP contribution in [0.5, 0.6) is 0 Å². The molecular formula is C26H37F3. The molecule has 0 atom stereocenters. The van der Waals surface area contributed by atoms with E-state index in [-0.39, 0.29) is 5.92 Å². The Morgan fingerprint density at radius 3 is 1.59 bits per heavy atom. The molecule has 0 aliphatic heterocycles. The second kappa shape index (κ2) is 9.88. The molecule has 0 radical (unpaired) electrons. The van der Waals surface area contributed by atoms with Crippen molar-refractivity contribution in [2.75, 3.05) is 0 Å². The monoisotopic (exact) mass is 406 g/mol. The first-order valence-electron chi connectivity index (χ1n) is 12.2. The molecule has 3 aliphatic rings. The van der Waals surface area contributed by atoms with Gasteiger partial charge in [0.05, 0.1) is 0 Å². The van der Waals surface area contributed by atoms with Crippen molar-refractivity contribution in [3.05, 3.63) is 35.1 Å². The molecule has 0 unspecified atom stereocenters. The molecule has 3 fully saturated rings. The third-order valence-electron chi connectivity index (χ3n) is 8.42. The van der Waals surface area contributed by atoms with Gasteiger partial charge in [-0.25, -0.2) is 13.2 Å². The lowest BCUT2D eigenvalue weighted by atomic mass is 9.73. The number of benzene rings is 1. The number of rotatable bonds is 6. The average molecular weight is 407 g/mol. The minimum Gasteiger partial charge on any atom is -0.204 e. The van der Waals surface area contributed by atoms with Crippen molar-refractivity contribution in [1.29, 1.82) is 0 Å². The van der Waals surface area contributed by atoms with Gasteiger partial charge >= 0.3 is 0 Å². The van der Waals surface area contributed by atoms with Gasteiger partial charge in [-0.15, -0.1) is 0 Å². The quantitative estimate of drug-likeness (QED) is 0.415. The van der Waals surface area contributed by atoms with Gasteiger partial charge in [-0.3, -0.25) is 0 Å². The van der Waals surface area contributed by atoms with Gasteiger partial charge in [0.25, 0.3) is 0 Å². The van der Waals surface area contributed by atoms with Gasteiger partial charge < -0.3 is 0 Å². The van der Waals surface area contributed by atoms with E-state index >= 15 is 0 Å². The van der Waals surface area contributed by atoms with Crippen molar-refractivity contribution < 1.29 is 13.2 Å². The first kappa shape index (κ1) is 21.2. The Balaban J connectivity index is 1.15. The zero-order chi connectivity index (χ0) is 20.2. The molecule has 0 aromatic heterocycles. The largest absolute Gasteiger partial charge is 0.204 e. The second-order valence-electron chi connectivity index (χ2n) is 10.4. The maximum Gasteiger partial charge on any atom is 0.194 e. The zero-order valence-corrected chi connectivity index (χ0v) is 17.8. The Morgan fingerprint density at radius 1 is 0.586 bits per heavy atom. The highest BCUT2D eigenvalue weighted by molar-refractivity contribution is 5.23. The highest BCUT2D eigenvalue weighted by atomic mass is 19.2. The van der Waals surface area contributed by atoms with E-state index in [2.05, 4.69) is 0 Å². The predicted octanol–water partition coefficient (Wildman–Crippen LogP) is 8.54. The van der Waals surface area contributed by atoms with Crippen LogP contribution in [0.25, 0.3) is 0 Å². The van der Waals surface area contributed by atoms with E-state index < -0.39 is 17.5 Å². The normalized spacial score (nSPS) is 31.3. The molecule has 3 aliphatic carbocycles. The Labute approximate surface area is 174 Å². The SMILES string of the molecule is Fc1cc(C2CCC(CC[C@H]3CC[C@H](CC4CCCC4)CC3)CC2)cc(F)c1F.